The van der Waals surface area contributed by atoms with Crippen LogP contribution in [0.3, 0.4) is 0 Å². The quantitative estimate of drug-likeness (QED) is 0.778. The molecular formula is C15H13NOS. The molecule has 0 atom stereocenters. The molecule has 0 N–H and O–H groups in total. The fraction of sp³-hybridized carbons (Fsp3) is 0.133. The van der Waals surface area contributed by atoms with Crippen molar-refractivity contribution in [2.24, 2.45) is 0 Å². The molecule has 0 aliphatic heterocycles. The number of nitriles is 1. The van der Waals surface area contributed by atoms with Crippen molar-refractivity contribution >= 4 is 11.8 Å². The van der Waals surface area contributed by atoms with Crippen LogP contribution in [0.4, 0.5) is 0 Å². The maximum atomic E-state index is 8.83. The summed E-state index contributed by atoms with van der Waals surface area (Å²) in [6.07, 6.45) is 0. The van der Waals surface area contributed by atoms with Crippen LogP contribution in [0.5, 0.6) is 5.75 Å². The molecule has 0 fully saturated rings. The Morgan fingerprint density at radius 3 is 2.61 bits per heavy atom. The Balaban J connectivity index is 2.00. The van der Waals surface area contributed by atoms with Crippen molar-refractivity contribution in [2.45, 2.75) is 10.6 Å². The first-order chi connectivity index (χ1) is 8.81. The Morgan fingerprint density at radius 2 is 1.94 bits per heavy atom. The van der Waals surface area contributed by atoms with E-state index in [-0.39, 0.29) is 0 Å². The highest BCUT2D eigenvalue weighted by Gasteiger charge is 1.98. The van der Waals surface area contributed by atoms with Gasteiger partial charge in [0.2, 0.25) is 0 Å². The summed E-state index contributed by atoms with van der Waals surface area (Å²) in [4.78, 5) is 1.19. The van der Waals surface area contributed by atoms with E-state index < -0.39 is 0 Å². The molecule has 0 saturated carbocycles. The number of nitrogens with zero attached hydrogens (tertiary/aromatic N) is 1. The lowest BCUT2D eigenvalue weighted by atomic mass is 10.2. The van der Waals surface area contributed by atoms with Gasteiger partial charge in [-0.3, -0.25) is 0 Å². The van der Waals surface area contributed by atoms with E-state index in [1.165, 1.54) is 4.90 Å². The van der Waals surface area contributed by atoms with Crippen LogP contribution in [0.25, 0.3) is 0 Å². The van der Waals surface area contributed by atoms with Gasteiger partial charge in [0.15, 0.2) is 0 Å². The highest BCUT2D eigenvalue weighted by atomic mass is 32.2. The van der Waals surface area contributed by atoms with Gasteiger partial charge in [-0.2, -0.15) is 5.26 Å². The van der Waals surface area contributed by atoms with Gasteiger partial charge in [-0.15, -0.1) is 11.8 Å². The van der Waals surface area contributed by atoms with Crippen LogP contribution in [0.15, 0.2) is 53.4 Å². The standard InChI is InChI=1S/C15H13NOS/c1-17-14-5-7-15(8-6-14)18-11-13-4-2-3-12(9-13)10-16/h2-9H,11H2,1H3. The van der Waals surface area contributed by atoms with Crippen LogP contribution < -0.4 is 4.74 Å². The monoisotopic (exact) mass is 255 g/mol. The highest BCUT2D eigenvalue weighted by Crippen LogP contribution is 2.25. The van der Waals surface area contributed by atoms with Crippen molar-refractivity contribution in [3.63, 3.8) is 0 Å². The lowest BCUT2D eigenvalue weighted by Gasteiger charge is -2.04. The lowest BCUT2D eigenvalue weighted by molar-refractivity contribution is 0.414. The second-order valence-corrected chi connectivity index (χ2v) is 4.83. The molecule has 0 aliphatic carbocycles. The average molecular weight is 255 g/mol. The van der Waals surface area contributed by atoms with E-state index in [1.54, 1.807) is 18.9 Å². The Hall–Kier alpha value is -1.92. The maximum absolute atomic E-state index is 8.83. The number of ether oxygens (including phenoxy) is 1. The van der Waals surface area contributed by atoms with Crippen molar-refractivity contribution in [2.75, 3.05) is 7.11 Å². The third-order valence-corrected chi connectivity index (χ3v) is 3.60. The summed E-state index contributed by atoms with van der Waals surface area (Å²) in [6, 6.07) is 17.8. The van der Waals surface area contributed by atoms with Crippen molar-refractivity contribution in [1.29, 1.82) is 5.26 Å². The zero-order valence-corrected chi connectivity index (χ0v) is 10.9. The van der Waals surface area contributed by atoms with Crippen molar-refractivity contribution < 1.29 is 4.74 Å². The summed E-state index contributed by atoms with van der Waals surface area (Å²) in [7, 11) is 1.66. The molecule has 90 valence electrons. The van der Waals surface area contributed by atoms with E-state index in [0.717, 1.165) is 17.1 Å². The summed E-state index contributed by atoms with van der Waals surface area (Å²) in [5, 5.41) is 8.83. The number of methoxy groups -OCH3 is 1. The van der Waals surface area contributed by atoms with Crippen LogP contribution in [0.2, 0.25) is 0 Å². The molecule has 2 nitrogen and oxygen atoms in total. The summed E-state index contributed by atoms with van der Waals surface area (Å²) < 4.78 is 5.12. The molecule has 0 amide bonds. The van der Waals surface area contributed by atoms with E-state index in [0.29, 0.717) is 5.56 Å². The molecule has 0 unspecified atom stereocenters. The third kappa shape index (κ3) is 3.28. The van der Waals surface area contributed by atoms with Crippen molar-refractivity contribution in [1.82, 2.24) is 0 Å². The van der Waals surface area contributed by atoms with Gasteiger partial charge in [-0.1, -0.05) is 12.1 Å². The highest BCUT2D eigenvalue weighted by molar-refractivity contribution is 7.98. The molecule has 0 aliphatic rings. The molecule has 2 aromatic rings. The molecule has 0 saturated heterocycles. The zero-order valence-electron chi connectivity index (χ0n) is 10.1. The summed E-state index contributed by atoms with van der Waals surface area (Å²) in [5.41, 5.74) is 1.87. The molecule has 0 heterocycles. The summed E-state index contributed by atoms with van der Waals surface area (Å²) in [5.74, 6) is 1.73. The smallest absolute Gasteiger partial charge is 0.118 e. The van der Waals surface area contributed by atoms with Gasteiger partial charge in [0.05, 0.1) is 18.7 Å². The molecular weight excluding hydrogens is 242 g/mol. The number of hydrogen-bond donors (Lipinski definition) is 0. The molecule has 2 aromatic carbocycles. The largest absolute Gasteiger partial charge is 0.497 e. The fourth-order valence-electron chi connectivity index (χ4n) is 1.57. The Bertz CT molecular complexity index is 557. The molecule has 0 spiro atoms. The van der Waals surface area contributed by atoms with Gasteiger partial charge < -0.3 is 4.74 Å². The summed E-state index contributed by atoms with van der Waals surface area (Å²) in [6.45, 7) is 0. The Morgan fingerprint density at radius 1 is 1.17 bits per heavy atom. The molecule has 18 heavy (non-hydrogen) atoms. The van der Waals surface area contributed by atoms with E-state index in [1.807, 2.05) is 48.5 Å². The summed E-state index contributed by atoms with van der Waals surface area (Å²) >= 11 is 1.75. The van der Waals surface area contributed by atoms with Gasteiger partial charge in [0, 0.05) is 10.6 Å². The third-order valence-electron chi connectivity index (χ3n) is 2.52. The van der Waals surface area contributed by atoms with Gasteiger partial charge in [-0.25, -0.2) is 0 Å². The Labute approximate surface area is 111 Å². The second kappa shape index (κ2) is 6.13. The fourth-order valence-corrected chi connectivity index (χ4v) is 2.41. The maximum Gasteiger partial charge on any atom is 0.118 e. The second-order valence-electron chi connectivity index (χ2n) is 3.78. The predicted octanol–water partition coefficient (Wildman–Crippen LogP) is 3.86. The minimum atomic E-state index is 0.711. The van der Waals surface area contributed by atoms with E-state index in [2.05, 4.69) is 6.07 Å². The normalized spacial score (nSPS) is 9.78. The number of hydrogen-bond acceptors (Lipinski definition) is 3. The van der Waals surface area contributed by atoms with Gasteiger partial charge in [0.25, 0.3) is 0 Å². The van der Waals surface area contributed by atoms with Crippen LogP contribution in [-0.2, 0) is 5.75 Å². The Kier molecular flexibility index (Phi) is 4.27. The molecule has 3 heteroatoms. The van der Waals surface area contributed by atoms with E-state index in [4.69, 9.17) is 10.00 Å². The first-order valence-corrected chi connectivity index (χ1v) is 6.56. The number of benzene rings is 2. The molecule has 2 rings (SSSR count). The van der Waals surface area contributed by atoms with Gasteiger partial charge in [0.1, 0.15) is 5.75 Å². The first kappa shape index (κ1) is 12.5. The topological polar surface area (TPSA) is 33.0 Å². The average Bonchev–Trinajstić information content (AvgIpc) is 2.46. The number of thioether (sulfide) groups is 1. The lowest BCUT2D eigenvalue weighted by Crippen LogP contribution is -1.84. The van der Waals surface area contributed by atoms with Crippen LogP contribution in [-0.4, -0.2) is 7.11 Å². The first-order valence-electron chi connectivity index (χ1n) is 5.58. The molecule has 0 radical (unpaired) electrons. The minimum absolute atomic E-state index is 0.711. The van der Waals surface area contributed by atoms with Gasteiger partial charge >= 0.3 is 0 Å². The van der Waals surface area contributed by atoms with Crippen LogP contribution in [0, 0.1) is 11.3 Å². The van der Waals surface area contributed by atoms with Crippen LogP contribution in [0.1, 0.15) is 11.1 Å². The minimum Gasteiger partial charge on any atom is -0.497 e. The predicted molar refractivity (Wildman–Crippen MR) is 73.7 cm³/mol. The SMILES string of the molecule is COc1ccc(SCc2cccc(C#N)c2)cc1. The number of rotatable bonds is 4. The van der Waals surface area contributed by atoms with E-state index in [9.17, 15) is 0 Å². The van der Waals surface area contributed by atoms with Crippen LogP contribution >= 0.6 is 11.8 Å². The molecule has 0 bridgehead atoms. The van der Waals surface area contributed by atoms with Crippen molar-refractivity contribution in [3.8, 4) is 11.8 Å². The van der Waals surface area contributed by atoms with Crippen molar-refractivity contribution in [3.05, 3.63) is 59.7 Å². The molecule has 0 aromatic heterocycles. The zero-order chi connectivity index (χ0) is 12.8. The van der Waals surface area contributed by atoms with E-state index >= 15 is 0 Å². The van der Waals surface area contributed by atoms with Gasteiger partial charge in [-0.05, 0) is 42.0 Å².